The highest BCUT2D eigenvalue weighted by Crippen LogP contribution is 2.21. The highest BCUT2D eigenvalue weighted by atomic mass is 16.2. The first-order valence-electron chi connectivity index (χ1n) is 12.0. The van der Waals surface area contributed by atoms with E-state index in [9.17, 15) is 9.59 Å². The number of likely N-dealkylation sites (tertiary alicyclic amines) is 1. The van der Waals surface area contributed by atoms with Gasteiger partial charge in [-0.2, -0.15) is 0 Å². The monoisotopic (exact) mass is 449 g/mol. The molecule has 0 spiro atoms. The van der Waals surface area contributed by atoms with E-state index in [0.717, 1.165) is 64.1 Å². The number of aromatic nitrogens is 1. The van der Waals surface area contributed by atoms with Crippen LogP contribution in [0.25, 0.3) is 0 Å². The summed E-state index contributed by atoms with van der Waals surface area (Å²) in [5, 5.41) is 2.99. The Labute approximate surface area is 196 Å². The normalized spacial score (nSPS) is 17.9. The number of nitrogens with two attached hydrogens (primary N) is 1. The number of rotatable bonds is 7. The second-order valence-electron chi connectivity index (χ2n) is 9.41. The zero-order chi connectivity index (χ0) is 23.2. The molecule has 1 fully saturated rings. The molecule has 176 valence electrons. The first-order valence-corrected chi connectivity index (χ1v) is 12.0. The van der Waals surface area contributed by atoms with E-state index in [-0.39, 0.29) is 17.9 Å². The second-order valence-corrected chi connectivity index (χ2v) is 9.41. The summed E-state index contributed by atoms with van der Waals surface area (Å²) in [6.07, 6.45) is 5.55. The van der Waals surface area contributed by atoms with Crippen molar-refractivity contribution in [2.45, 2.75) is 45.2 Å². The van der Waals surface area contributed by atoms with E-state index in [1.165, 1.54) is 11.1 Å². The average molecular weight is 450 g/mol. The number of pyridine rings is 1. The summed E-state index contributed by atoms with van der Waals surface area (Å²) in [4.78, 5) is 33.0. The van der Waals surface area contributed by atoms with Gasteiger partial charge in [0.15, 0.2) is 0 Å². The molecule has 1 saturated heterocycles. The molecule has 0 aliphatic carbocycles. The van der Waals surface area contributed by atoms with Crippen molar-refractivity contribution in [3.63, 3.8) is 0 Å². The molecule has 2 aromatic rings. The van der Waals surface area contributed by atoms with Gasteiger partial charge in [0.05, 0.1) is 0 Å². The number of nitrogens with zero attached hydrogens (tertiary/aromatic N) is 3. The topological polar surface area (TPSA) is 91.6 Å². The number of piperidine rings is 1. The predicted octanol–water partition coefficient (Wildman–Crippen LogP) is 2.00. The number of carbonyl (C=O) groups is 2. The first kappa shape index (κ1) is 23.4. The van der Waals surface area contributed by atoms with Crippen LogP contribution in [0.2, 0.25) is 0 Å². The summed E-state index contributed by atoms with van der Waals surface area (Å²) in [6.45, 7) is 6.35. The average Bonchev–Trinajstić information content (AvgIpc) is 2.83. The van der Waals surface area contributed by atoms with Crippen LogP contribution in [-0.4, -0.2) is 65.4 Å². The van der Waals surface area contributed by atoms with Crippen LogP contribution in [0.15, 0.2) is 42.6 Å². The lowest BCUT2D eigenvalue weighted by Gasteiger charge is -2.31. The van der Waals surface area contributed by atoms with Crippen LogP contribution < -0.4 is 11.1 Å². The third-order valence-corrected chi connectivity index (χ3v) is 6.86. The molecule has 1 unspecified atom stereocenters. The standard InChI is InChI=1S/C26H35N5O2/c1-19(32)31-12-7-20(8-13-31)14-25-15-22(6-10-28-25)26(33)29-16-24(27)18-30-11-9-21-4-2-3-5-23(21)17-30/h2-6,10,15,20,24H,7-9,11-14,16-18,27H2,1H3,(H,29,33). The van der Waals surface area contributed by atoms with Gasteiger partial charge in [0.2, 0.25) is 5.91 Å². The number of fused-ring (bicyclic) bond motifs is 1. The molecule has 7 nitrogen and oxygen atoms in total. The molecule has 4 rings (SSSR count). The van der Waals surface area contributed by atoms with Crippen LogP contribution >= 0.6 is 0 Å². The van der Waals surface area contributed by atoms with E-state index in [1.807, 2.05) is 11.0 Å². The van der Waals surface area contributed by atoms with Crippen LogP contribution in [0.1, 0.15) is 46.9 Å². The summed E-state index contributed by atoms with van der Waals surface area (Å²) < 4.78 is 0. The minimum atomic E-state index is -0.119. The molecule has 1 aromatic heterocycles. The molecule has 0 bridgehead atoms. The highest BCUT2D eigenvalue weighted by Gasteiger charge is 2.22. The molecule has 2 aliphatic rings. The van der Waals surface area contributed by atoms with Gasteiger partial charge in [0, 0.05) is 69.7 Å². The highest BCUT2D eigenvalue weighted by molar-refractivity contribution is 5.94. The van der Waals surface area contributed by atoms with Gasteiger partial charge >= 0.3 is 0 Å². The van der Waals surface area contributed by atoms with Crippen molar-refractivity contribution in [2.24, 2.45) is 11.7 Å². The molecular formula is C26H35N5O2. The van der Waals surface area contributed by atoms with E-state index < -0.39 is 0 Å². The van der Waals surface area contributed by atoms with Crippen molar-refractivity contribution >= 4 is 11.8 Å². The minimum Gasteiger partial charge on any atom is -0.350 e. The van der Waals surface area contributed by atoms with Crippen molar-refractivity contribution in [1.82, 2.24) is 20.1 Å². The fraction of sp³-hybridized carbons (Fsp3) is 0.500. The number of carbonyl (C=O) groups excluding carboxylic acids is 2. The molecule has 7 heteroatoms. The van der Waals surface area contributed by atoms with Gasteiger partial charge in [0.1, 0.15) is 0 Å². The molecular weight excluding hydrogens is 414 g/mol. The summed E-state index contributed by atoms with van der Waals surface area (Å²) >= 11 is 0. The Bertz CT molecular complexity index is 971. The smallest absolute Gasteiger partial charge is 0.251 e. The fourth-order valence-corrected chi connectivity index (χ4v) is 4.91. The SMILES string of the molecule is CC(=O)N1CCC(Cc2cc(C(=O)NCC(N)CN3CCc4ccccc4C3)ccn2)CC1. The largest absolute Gasteiger partial charge is 0.350 e. The van der Waals surface area contributed by atoms with E-state index in [2.05, 4.69) is 39.5 Å². The number of amides is 2. The number of nitrogens with one attached hydrogen (secondary N) is 1. The van der Waals surface area contributed by atoms with Gasteiger partial charge in [0.25, 0.3) is 5.91 Å². The Kier molecular flexibility index (Phi) is 7.73. The van der Waals surface area contributed by atoms with Crippen molar-refractivity contribution in [2.75, 3.05) is 32.7 Å². The van der Waals surface area contributed by atoms with Crippen LogP contribution in [0.5, 0.6) is 0 Å². The van der Waals surface area contributed by atoms with Gasteiger partial charge in [-0.3, -0.25) is 19.5 Å². The van der Waals surface area contributed by atoms with Crippen LogP contribution in [-0.2, 0) is 24.2 Å². The maximum atomic E-state index is 12.7. The van der Waals surface area contributed by atoms with Gasteiger partial charge in [-0.25, -0.2) is 0 Å². The molecule has 33 heavy (non-hydrogen) atoms. The van der Waals surface area contributed by atoms with Crippen LogP contribution in [0.3, 0.4) is 0 Å². The molecule has 3 heterocycles. The molecule has 2 aliphatic heterocycles. The van der Waals surface area contributed by atoms with E-state index in [1.54, 1.807) is 19.2 Å². The van der Waals surface area contributed by atoms with Crippen molar-refractivity contribution in [1.29, 1.82) is 0 Å². The van der Waals surface area contributed by atoms with Crippen LogP contribution in [0.4, 0.5) is 0 Å². The van der Waals surface area contributed by atoms with Crippen molar-refractivity contribution < 1.29 is 9.59 Å². The Morgan fingerprint density at radius 1 is 1.15 bits per heavy atom. The summed E-state index contributed by atoms with van der Waals surface area (Å²) in [5.74, 6) is 0.535. The van der Waals surface area contributed by atoms with E-state index in [4.69, 9.17) is 5.73 Å². The maximum absolute atomic E-state index is 12.7. The van der Waals surface area contributed by atoms with Gasteiger partial charge in [-0.15, -0.1) is 0 Å². The van der Waals surface area contributed by atoms with E-state index >= 15 is 0 Å². The summed E-state index contributed by atoms with van der Waals surface area (Å²) in [6, 6.07) is 12.1. The Hall–Kier alpha value is -2.77. The third kappa shape index (κ3) is 6.39. The lowest BCUT2D eigenvalue weighted by atomic mass is 9.91. The minimum absolute atomic E-state index is 0.107. The molecule has 0 saturated carbocycles. The zero-order valence-corrected chi connectivity index (χ0v) is 19.5. The van der Waals surface area contributed by atoms with Crippen LogP contribution in [0, 0.1) is 5.92 Å². The molecule has 1 aromatic carbocycles. The molecule has 0 radical (unpaired) electrons. The van der Waals surface area contributed by atoms with E-state index in [0.29, 0.717) is 18.0 Å². The molecule has 3 N–H and O–H groups in total. The lowest BCUT2D eigenvalue weighted by Crippen LogP contribution is -2.46. The van der Waals surface area contributed by atoms with Gasteiger partial charge < -0.3 is 16.0 Å². The number of benzene rings is 1. The van der Waals surface area contributed by atoms with Crippen molar-refractivity contribution in [3.05, 3.63) is 65.0 Å². The quantitative estimate of drug-likeness (QED) is 0.675. The zero-order valence-electron chi connectivity index (χ0n) is 19.5. The molecule has 1 atom stereocenters. The Morgan fingerprint density at radius 3 is 2.67 bits per heavy atom. The van der Waals surface area contributed by atoms with Crippen molar-refractivity contribution in [3.8, 4) is 0 Å². The van der Waals surface area contributed by atoms with Gasteiger partial charge in [-0.05, 0) is 54.9 Å². The third-order valence-electron chi connectivity index (χ3n) is 6.86. The predicted molar refractivity (Wildman–Crippen MR) is 129 cm³/mol. The van der Waals surface area contributed by atoms with Gasteiger partial charge in [-0.1, -0.05) is 24.3 Å². The maximum Gasteiger partial charge on any atom is 0.251 e. The second kappa shape index (κ2) is 10.9. The fourth-order valence-electron chi connectivity index (χ4n) is 4.91. The number of hydrogen-bond acceptors (Lipinski definition) is 5. The lowest BCUT2D eigenvalue weighted by molar-refractivity contribution is -0.130. The number of hydrogen-bond donors (Lipinski definition) is 2. The summed E-state index contributed by atoms with van der Waals surface area (Å²) in [5.41, 5.74) is 10.7. The Morgan fingerprint density at radius 2 is 1.91 bits per heavy atom. The summed E-state index contributed by atoms with van der Waals surface area (Å²) in [7, 11) is 0. The Balaban J connectivity index is 1.23. The molecule has 2 amide bonds. The first-order chi connectivity index (χ1) is 16.0.